The van der Waals surface area contributed by atoms with Crippen LogP contribution in [0.25, 0.3) is 0 Å². The summed E-state index contributed by atoms with van der Waals surface area (Å²) >= 11 is 0. The van der Waals surface area contributed by atoms with Crippen LogP contribution in [0.4, 0.5) is 0 Å². The highest BCUT2D eigenvalue weighted by Crippen LogP contribution is 2.13. The quantitative estimate of drug-likeness (QED) is 0.806. The van der Waals surface area contributed by atoms with Crippen LogP contribution in [0.3, 0.4) is 0 Å². The zero-order valence-electron chi connectivity index (χ0n) is 14.3. The van der Waals surface area contributed by atoms with Crippen LogP contribution >= 0.6 is 0 Å². The molecule has 1 rings (SSSR count). The van der Waals surface area contributed by atoms with Crippen molar-refractivity contribution in [3.8, 4) is 0 Å². The fraction of sp³-hybridized carbons (Fsp3) is 0.812. The minimum absolute atomic E-state index is 0.186. The summed E-state index contributed by atoms with van der Waals surface area (Å²) in [6.07, 6.45) is 1.05. The third-order valence-electron chi connectivity index (χ3n) is 3.64. The van der Waals surface area contributed by atoms with E-state index in [1.54, 1.807) is 0 Å². The molecule has 0 bridgehead atoms. The largest absolute Gasteiger partial charge is 0.313 e. The van der Waals surface area contributed by atoms with Crippen LogP contribution in [0.2, 0.25) is 0 Å². The maximum Gasteiger partial charge on any atom is 0.0628 e. The summed E-state index contributed by atoms with van der Waals surface area (Å²) in [5.41, 5.74) is 4.07. The Hall–Kier alpha value is -0.870. The van der Waals surface area contributed by atoms with E-state index in [1.165, 1.54) is 17.0 Å². The van der Waals surface area contributed by atoms with E-state index in [1.807, 2.05) is 0 Å². The summed E-state index contributed by atoms with van der Waals surface area (Å²) in [6, 6.07) is 0.482. The highest BCUT2D eigenvalue weighted by molar-refractivity contribution is 5.24. The van der Waals surface area contributed by atoms with Crippen LogP contribution in [-0.4, -0.2) is 34.5 Å². The van der Waals surface area contributed by atoms with Crippen molar-refractivity contribution in [2.45, 2.75) is 73.0 Å². The van der Waals surface area contributed by atoms with E-state index in [2.05, 4.69) is 68.9 Å². The maximum absolute atomic E-state index is 4.57. The lowest BCUT2D eigenvalue weighted by Crippen LogP contribution is -2.45. The van der Waals surface area contributed by atoms with Gasteiger partial charge >= 0.3 is 0 Å². The molecule has 1 aromatic heterocycles. The van der Waals surface area contributed by atoms with Gasteiger partial charge in [0.1, 0.15) is 0 Å². The molecule has 1 aromatic rings. The van der Waals surface area contributed by atoms with Gasteiger partial charge in [-0.3, -0.25) is 4.68 Å². The summed E-state index contributed by atoms with van der Waals surface area (Å²) in [6.45, 7) is 18.2. The van der Waals surface area contributed by atoms with Gasteiger partial charge in [-0.05, 0) is 67.0 Å². The molecule has 0 radical (unpaired) electrons. The van der Waals surface area contributed by atoms with Crippen molar-refractivity contribution in [1.82, 2.24) is 20.4 Å². The number of aromatic nitrogens is 2. The van der Waals surface area contributed by atoms with E-state index in [-0.39, 0.29) is 5.54 Å². The Balaban J connectivity index is 2.39. The molecule has 1 unspecified atom stereocenters. The SMILES string of the molecule is CCn1nc(C)c(CCNC(C)CNC(C)(C)C)c1C. The van der Waals surface area contributed by atoms with Gasteiger partial charge in [-0.2, -0.15) is 5.10 Å². The van der Waals surface area contributed by atoms with Crippen molar-refractivity contribution < 1.29 is 0 Å². The van der Waals surface area contributed by atoms with E-state index in [0.717, 1.165) is 26.1 Å². The van der Waals surface area contributed by atoms with Gasteiger partial charge in [-0.15, -0.1) is 0 Å². The lowest BCUT2D eigenvalue weighted by Gasteiger charge is -2.24. The van der Waals surface area contributed by atoms with E-state index in [4.69, 9.17) is 0 Å². The molecule has 4 nitrogen and oxygen atoms in total. The third kappa shape index (κ3) is 5.25. The van der Waals surface area contributed by atoms with Gasteiger partial charge in [-0.25, -0.2) is 0 Å². The van der Waals surface area contributed by atoms with Crippen LogP contribution < -0.4 is 10.6 Å². The number of nitrogens with zero attached hydrogens (tertiary/aromatic N) is 2. The first kappa shape index (κ1) is 17.2. The number of aryl methyl sites for hydroxylation is 2. The van der Waals surface area contributed by atoms with Gasteiger partial charge in [0, 0.05) is 30.4 Å². The second-order valence-corrected chi connectivity index (χ2v) is 6.70. The minimum Gasteiger partial charge on any atom is -0.313 e. The Labute approximate surface area is 124 Å². The smallest absolute Gasteiger partial charge is 0.0628 e. The fourth-order valence-electron chi connectivity index (χ4n) is 2.38. The number of rotatable bonds is 7. The van der Waals surface area contributed by atoms with Crippen molar-refractivity contribution in [2.75, 3.05) is 13.1 Å². The zero-order valence-corrected chi connectivity index (χ0v) is 14.3. The van der Waals surface area contributed by atoms with Gasteiger partial charge in [0.15, 0.2) is 0 Å². The maximum atomic E-state index is 4.57. The van der Waals surface area contributed by atoms with E-state index >= 15 is 0 Å². The molecule has 0 fully saturated rings. The van der Waals surface area contributed by atoms with E-state index in [0.29, 0.717) is 6.04 Å². The molecule has 0 amide bonds. The normalized spacial score (nSPS) is 13.8. The van der Waals surface area contributed by atoms with Crippen LogP contribution in [0, 0.1) is 13.8 Å². The molecule has 2 N–H and O–H groups in total. The molecule has 0 spiro atoms. The first-order valence-electron chi connectivity index (χ1n) is 7.76. The van der Waals surface area contributed by atoms with Crippen molar-refractivity contribution in [3.05, 3.63) is 17.0 Å². The van der Waals surface area contributed by atoms with Gasteiger partial charge in [0.05, 0.1) is 5.69 Å². The van der Waals surface area contributed by atoms with Crippen LogP contribution in [0.1, 0.15) is 51.6 Å². The van der Waals surface area contributed by atoms with Crippen molar-refractivity contribution in [3.63, 3.8) is 0 Å². The Kier molecular flexibility index (Phi) is 6.21. The molecule has 1 atom stereocenters. The van der Waals surface area contributed by atoms with E-state index < -0.39 is 0 Å². The van der Waals surface area contributed by atoms with Crippen LogP contribution in [0.15, 0.2) is 0 Å². The zero-order chi connectivity index (χ0) is 15.3. The summed E-state index contributed by atoms with van der Waals surface area (Å²) < 4.78 is 2.09. The van der Waals surface area contributed by atoms with Crippen LogP contribution in [-0.2, 0) is 13.0 Å². The van der Waals surface area contributed by atoms with Gasteiger partial charge in [-0.1, -0.05) is 0 Å². The topological polar surface area (TPSA) is 41.9 Å². The second kappa shape index (κ2) is 7.23. The molecular weight excluding hydrogens is 248 g/mol. The van der Waals surface area contributed by atoms with Gasteiger partial charge in [0.25, 0.3) is 0 Å². The molecule has 0 saturated carbocycles. The average molecular weight is 280 g/mol. The Morgan fingerprint density at radius 3 is 2.40 bits per heavy atom. The monoisotopic (exact) mass is 280 g/mol. The molecule has 1 heterocycles. The predicted octanol–water partition coefficient (Wildman–Crippen LogP) is 2.43. The number of hydrogen-bond donors (Lipinski definition) is 2. The molecule has 0 aliphatic heterocycles. The molecular formula is C16H32N4. The first-order chi connectivity index (χ1) is 9.24. The summed E-state index contributed by atoms with van der Waals surface area (Å²) in [7, 11) is 0. The standard InChI is InChI=1S/C16H32N4/c1-8-20-14(4)15(13(3)19-20)9-10-17-12(2)11-18-16(5,6)7/h12,17-18H,8-11H2,1-7H3. The second-order valence-electron chi connectivity index (χ2n) is 6.70. The third-order valence-corrected chi connectivity index (χ3v) is 3.64. The Morgan fingerprint density at radius 1 is 1.25 bits per heavy atom. The lowest BCUT2D eigenvalue weighted by atomic mass is 10.1. The molecule has 116 valence electrons. The van der Waals surface area contributed by atoms with E-state index in [9.17, 15) is 0 Å². The average Bonchev–Trinajstić information content (AvgIpc) is 2.62. The molecule has 0 aliphatic rings. The number of nitrogens with one attached hydrogen (secondary N) is 2. The highest BCUT2D eigenvalue weighted by atomic mass is 15.3. The first-order valence-corrected chi connectivity index (χ1v) is 7.76. The van der Waals surface area contributed by atoms with Crippen molar-refractivity contribution >= 4 is 0 Å². The summed E-state index contributed by atoms with van der Waals surface area (Å²) in [5.74, 6) is 0. The molecule has 4 heteroatoms. The van der Waals surface area contributed by atoms with Gasteiger partial charge < -0.3 is 10.6 Å². The Morgan fingerprint density at radius 2 is 1.90 bits per heavy atom. The molecule has 20 heavy (non-hydrogen) atoms. The van der Waals surface area contributed by atoms with Crippen LogP contribution in [0.5, 0.6) is 0 Å². The molecule has 0 saturated heterocycles. The van der Waals surface area contributed by atoms with Gasteiger partial charge in [0.2, 0.25) is 0 Å². The fourth-order valence-corrected chi connectivity index (χ4v) is 2.38. The Bertz CT molecular complexity index is 415. The lowest BCUT2D eigenvalue weighted by molar-refractivity contribution is 0.389. The molecule has 0 aliphatic carbocycles. The summed E-state index contributed by atoms with van der Waals surface area (Å²) in [5, 5.41) is 11.7. The van der Waals surface area contributed by atoms with Crippen molar-refractivity contribution in [1.29, 1.82) is 0 Å². The van der Waals surface area contributed by atoms with Crippen molar-refractivity contribution in [2.24, 2.45) is 0 Å². The highest BCUT2D eigenvalue weighted by Gasteiger charge is 2.12. The number of hydrogen-bond acceptors (Lipinski definition) is 3. The minimum atomic E-state index is 0.186. The predicted molar refractivity (Wildman–Crippen MR) is 86.3 cm³/mol. The molecule has 0 aromatic carbocycles. The summed E-state index contributed by atoms with van der Waals surface area (Å²) in [4.78, 5) is 0.